The second kappa shape index (κ2) is 6.58. The van der Waals surface area contributed by atoms with Crippen LogP contribution in [0.1, 0.15) is 40.0 Å². The van der Waals surface area contributed by atoms with E-state index in [0.717, 1.165) is 32.2 Å². The predicted molar refractivity (Wildman–Crippen MR) is 68.5 cm³/mol. The summed E-state index contributed by atoms with van der Waals surface area (Å²) in [4.78, 5) is 2.56. The number of rotatable bonds is 6. The van der Waals surface area contributed by atoms with Gasteiger partial charge in [-0.2, -0.15) is 0 Å². The van der Waals surface area contributed by atoms with E-state index < -0.39 is 0 Å². The lowest BCUT2D eigenvalue weighted by atomic mass is 9.95. The highest BCUT2D eigenvalue weighted by atomic mass is 16.5. The zero-order chi connectivity index (χ0) is 12.0. The molecule has 0 radical (unpaired) electrons. The molecule has 1 rings (SSSR count). The molecule has 3 heteroatoms. The molecule has 0 saturated carbocycles. The third-order valence-corrected chi connectivity index (χ3v) is 3.67. The number of hydrogen-bond donors (Lipinski definition) is 1. The maximum Gasteiger partial charge on any atom is 0.0469 e. The molecule has 0 bridgehead atoms. The summed E-state index contributed by atoms with van der Waals surface area (Å²) >= 11 is 0. The average Bonchev–Trinajstić information content (AvgIpc) is 2.30. The molecule has 0 amide bonds. The van der Waals surface area contributed by atoms with Crippen molar-refractivity contribution >= 4 is 0 Å². The van der Waals surface area contributed by atoms with Gasteiger partial charge < -0.3 is 10.5 Å². The van der Waals surface area contributed by atoms with Gasteiger partial charge in [0, 0.05) is 31.8 Å². The molecular weight excluding hydrogens is 200 g/mol. The van der Waals surface area contributed by atoms with Gasteiger partial charge >= 0.3 is 0 Å². The lowest BCUT2D eigenvalue weighted by Crippen LogP contribution is -2.51. The molecule has 16 heavy (non-hydrogen) atoms. The molecule has 0 unspecified atom stereocenters. The van der Waals surface area contributed by atoms with Gasteiger partial charge in [0.05, 0.1) is 0 Å². The van der Waals surface area contributed by atoms with E-state index in [1.807, 2.05) is 0 Å². The second-order valence-electron chi connectivity index (χ2n) is 5.52. The Morgan fingerprint density at radius 1 is 1.31 bits per heavy atom. The molecule has 1 aliphatic rings. The van der Waals surface area contributed by atoms with Crippen molar-refractivity contribution in [1.29, 1.82) is 0 Å². The first kappa shape index (κ1) is 13.9. The van der Waals surface area contributed by atoms with Crippen LogP contribution in [0.25, 0.3) is 0 Å². The predicted octanol–water partition coefficient (Wildman–Crippen LogP) is 1.86. The van der Waals surface area contributed by atoms with Gasteiger partial charge in [-0.05, 0) is 45.6 Å². The molecule has 96 valence electrons. The molecule has 1 heterocycles. The Morgan fingerprint density at radius 2 is 1.94 bits per heavy atom. The highest BCUT2D eigenvalue weighted by molar-refractivity contribution is 4.84. The van der Waals surface area contributed by atoms with E-state index in [1.165, 1.54) is 25.8 Å². The van der Waals surface area contributed by atoms with Crippen molar-refractivity contribution in [3.8, 4) is 0 Å². The van der Waals surface area contributed by atoms with Crippen molar-refractivity contribution < 1.29 is 4.74 Å². The van der Waals surface area contributed by atoms with Crippen molar-refractivity contribution in [2.24, 2.45) is 11.7 Å². The average molecular weight is 228 g/mol. The fraction of sp³-hybridized carbons (Fsp3) is 1.00. The minimum absolute atomic E-state index is 0.133. The van der Waals surface area contributed by atoms with Gasteiger partial charge in [0.25, 0.3) is 0 Å². The van der Waals surface area contributed by atoms with Crippen molar-refractivity contribution in [3.05, 3.63) is 0 Å². The fourth-order valence-electron chi connectivity index (χ4n) is 2.28. The van der Waals surface area contributed by atoms with Crippen LogP contribution in [0.3, 0.4) is 0 Å². The quantitative estimate of drug-likeness (QED) is 0.754. The van der Waals surface area contributed by atoms with E-state index in [-0.39, 0.29) is 5.54 Å². The molecule has 0 aromatic carbocycles. The summed E-state index contributed by atoms with van der Waals surface area (Å²) < 4.78 is 5.41. The third kappa shape index (κ3) is 4.04. The Morgan fingerprint density at radius 3 is 2.44 bits per heavy atom. The molecule has 0 aromatic rings. The number of nitrogens with zero attached hydrogens (tertiary/aromatic N) is 1. The molecule has 0 aliphatic carbocycles. The lowest BCUT2D eigenvalue weighted by molar-refractivity contribution is 0.0323. The number of ether oxygens (including phenoxy) is 1. The SMILES string of the molecule is CCCN(CC1CCOCC1)C(C)(C)CN. The number of nitrogens with two attached hydrogens (primary N) is 1. The normalized spacial score (nSPS) is 19.3. The summed E-state index contributed by atoms with van der Waals surface area (Å²) in [6.45, 7) is 11.7. The Balaban J connectivity index is 2.49. The topological polar surface area (TPSA) is 38.5 Å². The van der Waals surface area contributed by atoms with Crippen LogP contribution in [0, 0.1) is 5.92 Å². The summed E-state index contributed by atoms with van der Waals surface area (Å²) in [5.74, 6) is 0.797. The van der Waals surface area contributed by atoms with Gasteiger partial charge in [0.1, 0.15) is 0 Å². The van der Waals surface area contributed by atoms with E-state index in [0.29, 0.717) is 0 Å². The zero-order valence-electron chi connectivity index (χ0n) is 11.2. The molecule has 1 fully saturated rings. The summed E-state index contributed by atoms with van der Waals surface area (Å²) in [6, 6.07) is 0. The first-order valence-corrected chi connectivity index (χ1v) is 6.63. The molecule has 0 spiro atoms. The van der Waals surface area contributed by atoms with E-state index in [2.05, 4.69) is 25.7 Å². The van der Waals surface area contributed by atoms with Gasteiger partial charge in [-0.15, -0.1) is 0 Å². The molecule has 1 aliphatic heterocycles. The van der Waals surface area contributed by atoms with Crippen molar-refractivity contribution in [2.75, 3.05) is 32.8 Å². The minimum Gasteiger partial charge on any atom is -0.381 e. The van der Waals surface area contributed by atoms with Crippen molar-refractivity contribution in [3.63, 3.8) is 0 Å². The molecular formula is C13H28N2O. The number of hydrogen-bond acceptors (Lipinski definition) is 3. The summed E-state index contributed by atoms with van der Waals surface area (Å²) in [6.07, 6.45) is 3.62. The Bertz CT molecular complexity index is 188. The summed E-state index contributed by atoms with van der Waals surface area (Å²) in [5, 5.41) is 0. The maximum atomic E-state index is 5.88. The monoisotopic (exact) mass is 228 g/mol. The van der Waals surface area contributed by atoms with Crippen molar-refractivity contribution in [1.82, 2.24) is 4.90 Å². The summed E-state index contributed by atoms with van der Waals surface area (Å²) in [7, 11) is 0. The Hall–Kier alpha value is -0.120. The Kier molecular flexibility index (Phi) is 5.73. The minimum atomic E-state index is 0.133. The van der Waals surface area contributed by atoms with Gasteiger partial charge in [0.2, 0.25) is 0 Å². The van der Waals surface area contributed by atoms with Crippen LogP contribution >= 0.6 is 0 Å². The Labute approximate surface area is 100 Å². The first-order valence-electron chi connectivity index (χ1n) is 6.63. The third-order valence-electron chi connectivity index (χ3n) is 3.67. The van der Waals surface area contributed by atoms with Gasteiger partial charge in [-0.1, -0.05) is 6.92 Å². The van der Waals surface area contributed by atoms with Crippen LogP contribution in [-0.2, 0) is 4.74 Å². The van der Waals surface area contributed by atoms with Crippen LogP contribution in [0.4, 0.5) is 0 Å². The van der Waals surface area contributed by atoms with Crippen LogP contribution in [0.15, 0.2) is 0 Å². The largest absolute Gasteiger partial charge is 0.381 e. The zero-order valence-corrected chi connectivity index (χ0v) is 11.2. The molecule has 1 saturated heterocycles. The highest BCUT2D eigenvalue weighted by Gasteiger charge is 2.27. The lowest BCUT2D eigenvalue weighted by Gasteiger charge is -2.40. The fourth-order valence-corrected chi connectivity index (χ4v) is 2.28. The van der Waals surface area contributed by atoms with Gasteiger partial charge in [-0.25, -0.2) is 0 Å². The van der Waals surface area contributed by atoms with E-state index in [4.69, 9.17) is 10.5 Å². The molecule has 0 aromatic heterocycles. The van der Waals surface area contributed by atoms with Gasteiger partial charge in [0.15, 0.2) is 0 Å². The van der Waals surface area contributed by atoms with Crippen molar-refractivity contribution in [2.45, 2.75) is 45.6 Å². The van der Waals surface area contributed by atoms with Gasteiger partial charge in [-0.3, -0.25) is 4.90 Å². The van der Waals surface area contributed by atoms with E-state index in [1.54, 1.807) is 0 Å². The highest BCUT2D eigenvalue weighted by Crippen LogP contribution is 2.21. The molecule has 2 N–H and O–H groups in total. The smallest absolute Gasteiger partial charge is 0.0469 e. The van der Waals surface area contributed by atoms with Crippen LogP contribution < -0.4 is 5.73 Å². The standard InChI is InChI=1S/C13H28N2O/c1-4-7-15(13(2,3)11-14)10-12-5-8-16-9-6-12/h12H,4-11,14H2,1-3H3. The first-order chi connectivity index (χ1) is 7.60. The second-order valence-corrected chi connectivity index (χ2v) is 5.52. The summed E-state index contributed by atoms with van der Waals surface area (Å²) in [5.41, 5.74) is 6.01. The van der Waals surface area contributed by atoms with Crippen LogP contribution in [0.2, 0.25) is 0 Å². The maximum absolute atomic E-state index is 5.88. The molecule has 3 nitrogen and oxygen atoms in total. The van der Waals surface area contributed by atoms with Crippen LogP contribution in [-0.4, -0.2) is 43.3 Å². The van der Waals surface area contributed by atoms with E-state index in [9.17, 15) is 0 Å². The molecule has 0 atom stereocenters. The van der Waals surface area contributed by atoms with E-state index >= 15 is 0 Å². The van der Waals surface area contributed by atoms with Crippen LogP contribution in [0.5, 0.6) is 0 Å².